The molecule has 0 fully saturated rings. The highest BCUT2D eigenvalue weighted by atomic mass is 32.1. The maximum atomic E-state index is 4.26. The van der Waals surface area contributed by atoms with Crippen LogP contribution in [0, 0.1) is 6.92 Å². The van der Waals surface area contributed by atoms with Gasteiger partial charge in [-0.15, -0.1) is 22.7 Å². The Hall–Kier alpha value is -5.36. The molecule has 355 valence electrons. The smallest absolute Gasteiger partial charge is 0.199 e. The van der Waals surface area contributed by atoms with Crippen molar-refractivity contribution in [3.63, 3.8) is 0 Å². The first-order valence-electron chi connectivity index (χ1n) is 26.6. The predicted octanol–water partition coefficient (Wildman–Crippen LogP) is 18.0. The molecular weight excluding hydrogens is 896 g/mol. The molecular formula is C66H66BN2S2. The lowest BCUT2D eigenvalue weighted by molar-refractivity contribution is 0.208. The molecule has 0 spiro atoms. The maximum absolute atomic E-state index is 4.26. The molecule has 5 heteroatoms. The number of fused-ring (bicyclic) bond motifs is 12. The number of rotatable bonds is 2. The minimum atomic E-state index is 0.0122. The van der Waals surface area contributed by atoms with Crippen molar-refractivity contribution in [3.05, 3.63) is 148 Å². The molecule has 14 rings (SSSR count). The summed E-state index contributed by atoms with van der Waals surface area (Å²) in [4.78, 5) is 2.70. The lowest BCUT2D eigenvalue weighted by Gasteiger charge is -2.51. The fraction of sp³-hybridized carbons (Fsp3) is 0.364. The molecule has 5 aliphatic rings. The zero-order valence-corrected chi connectivity index (χ0v) is 45.3. The van der Waals surface area contributed by atoms with Crippen molar-refractivity contribution in [2.45, 2.75) is 154 Å². The van der Waals surface area contributed by atoms with Crippen molar-refractivity contribution in [1.82, 2.24) is 0 Å². The molecule has 0 saturated heterocycles. The molecule has 71 heavy (non-hydrogen) atoms. The quantitative estimate of drug-likeness (QED) is 0.174. The van der Waals surface area contributed by atoms with E-state index in [2.05, 4.69) is 203 Å². The molecule has 0 saturated carbocycles. The second kappa shape index (κ2) is 14.4. The van der Waals surface area contributed by atoms with E-state index in [1.165, 1.54) is 157 Å². The van der Waals surface area contributed by atoms with Gasteiger partial charge in [-0.1, -0.05) is 124 Å². The number of benzene rings is 7. The average Bonchev–Trinajstić information content (AvgIpc) is 3.91. The highest BCUT2D eigenvalue weighted by molar-refractivity contribution is 7.27. The van der Waals surface area contributed by atoms with Gasteiger partial charge in [0, 0.05) is 69.0 Å². The largest absolute Gasteiger partial charge is 0.355 e. The normalized spacial score (nSPS) is 22.9. The Bertz CT molecular complexity index is 3820. The van der Waals surface area contributed by atoms with Gasteiger partial charge in [0.15, 0.2) is 7.28 Å². The summed E-state index contributed by atoms with van der Waals surface area (Å²) in [5.41, 5.74) is 22.5. The minimum absolute atomic E-state index is 0.0122. The van der Waals surface area contributed by atoms with Crippen molar-refractivity contribution in [3.8, 4) is 11.1 Å². The van der Waals surface area contributed by atoms with E-state index in [-0.39, 0.29) is 32.5 Å². The van der Waals surface area contributed by atoms with Crippen LogP contribution in [0.2, 0.25) is 0 Å². The van der Waals surface area contributed by atoms with Gasteiger partial charge in [-0.3, -0.25) is 0 Å². The van der Waals surface area contributed by atoms with Crippen molar-refractivity contribution in [2.24, 2.45) is 0 Å². The first-order valence-corrected chi connectivity index (χ1v) is 28.2. The van der Waals surface area contributed by atoms with Crippen LogP contribution in [0.4, 0.5) is 28.4 Å². The van der Waals surface area contributed by atoms with Crippen LogP contribution in [0.15, 0.2) is 109 Å². The van der Waals surface area contributed by atoms with Crippen LogP contribution in [0.1, 0.15) is 153 Å². The lowest BCUT2D eigenvalue weighted by Crippen LogP contribution is -2.44. The summed E-state index contributed by atoms with van der Waals surface area (Å²) >= 11 is 3.91. The van der Waals surface area contributed by atoms with Gasteiger partial charge >= 0.3 is 0 Å². The fourth-order valence-corrected chi connectivity index (χ4v) is 17.3. The predicted molar refractivity (Wildman–Crippen MR) is 311 cm³/mol. The Kier molecular flexibility index (Phi) is 9.02. The van der Waals surface area contributed by atoms with Crippen LogP contribution >= 0.6 is 22.7 Å². The summed E-state index contributed by atoms with van der Waals surface area (Å²) < 4.78 is 5.37. The number of aryl methyl sites for hydroxylation is 1. The van der Waals surface area contributed by atoms with Crippen LogP contribution in [-0.2, 0) is 32.5 Å². The Balaban J connectivity index is 1.11. The zero-order chi connectivity index (χ0) is 48.9. The van der Waals surface area contributed by atoms with E-state index in [1.54, 1.807) is 11.1 Å². The van der Waals surface area contributed by atoms with Crippen molar-refractivity contribution < 1.29 is 0 Å². The minimum Gasteiger partial charge on any atom is -0.355 e. The lowest BCUT2D eigenvalue weighted by atomic mass is 9.53. The number of thiophene rings is 2. The van der Waals surface area contributed by atoms with E-state index in [0.29, 0.717) is 0 Å². The Labute approximate surface area is 430 Å². The standard InChI is InChI=1S/C66H66BN2S2/c1-37-30-44-46(63(6,7)25-24-62(44,4)5)34-51(37)69-50-23-21-40-39-16-12-14-18-53(39)71-60(40)59(50)67-58-52(69)35-55-56(41-17-13-15-19-54(41)70-55)57(58)42-32-45-48-33-49(42)68-38-20-22-43-47(31-38)65(10,28-26-61(43,2)3)36-66(48,11)29-27-64(45,8)9/h12-23,30-35,68H,24-29,36H2,1-11H3. The van der Waals surface area contributed by atoms with E-state index in [1.807, 2.05) is 22.7 Å². The second-order valence-corrected chi connectivity index (χ2v) is 28.1. The van der Waals surface area contributed by atoms with Crippen molar-refractivity contribution >= 4 is 110 Å². The second-order valence-electron chi connectivity index (χ2n) is 26.0. The SMILES string of the molecule is Cc1cc2c(cc1N1c3cc4sc5ccccc5c4c(-c4cc5c6cc4Nc4ccc7c(c4)C(C)(CCC7(C)C)CC6(C)CCC5(C)C)c3[B]c3c1ccc1c3sc3ccccc31)C(C)(C)CCC2(C)C. The van der Waals surface area contributed by atoms with Gasteiger partial charge in [-0.05, 0) is 200 Å². The third kappa shape index (κ3) is 6.24. The van der Waals surface area contributed by atoms with E-state index < -0.39 is 0 Å². The number of nitrogens with zero attached hydrogens (tertiary/aromatic N) is 1. The van der Waals surface area contributed by atoms with Crippen LogP contribution in [0.3, 0.4) is 0 Å². The number of hydrogen-bond donors (Lipinski definition) is 1. The molecule has 2 aliphatic heterocycles. The van der Waals surface area contributed by atoms with Crippen molar-refractivity contribution in [1.29, 1.82) is 0 Å². The van der Waals surface area contributed by atoms with Crippen LogP contribution in [0.5, 0.6) is 0 Å². The fourth-order valence-electron chi connectivity index (χ4n) is 14.9. The molecule has 1 radical (unpaired) electrons. The summed E-state index contributed by atoms with van der Waals surface area (Å²) in [6.07, 6.45) is 8.33. The summed E-state index contributed by atoms with van der Waals surface area (Å²) in [6, 6.07) is 43.6. The first kappa shape index (κ1) is 44.4. The molecule has 2 aromatic heterocycles. The summed E-state index contributed by atoms with van der Waals surface area (Å²) in [5, 5.41) is 9.64. The molecule has 2 atom stereocenters. The summed E-state index contributed by atoms with van der Waals surface area (Å²) in [6.45, 7) is 27.5. The Morgan fingerprint density at radius 1 is 0.479 bits per heavy atom. The highest BCUT2D eigenvalue weighted by Crippen LogP contribution is 2.59. The van der Waals surface area contributed by atoms with Gasteiger partial charge < -0.3 is 10.2 Å². The van der Waals surface area contributed by atoms with Crippen molar-refractivity contribution in [2.75, 3.05) is 10.2 Å². The van der Waals surface area contributed by atoms with Gasteiger partial charge in [-0.2, -0.15) is 0 Å². The number of nitrogens with one attached hydrogen (secondary N) is 1. The molecule has 3 aliphatic carbocycles. The van der Waals surface area contributed by atoms with Gasteiger partial charge in [-0.25, -0.2) is 0 Å². The molecule has 2 unspecified atom stereocenters. The molecule has 9 aromatic rings. The molecule has 4 heterocycles. The number of anilines is 5. The van der Waals surface area contributed by atoms with Gasteiger partial charge in [0.2, 0.25) is 0 Å². The zero-order valence-electron chi connectivity index (χ0n) is 43.7. The first-order chi connectivity index (χ1) is 33.7. The van der Waals surface area contributed by atoms with E-state index in [4.69, 9.17) is 0 Å². The molecule has 4 bridgehead atoms. The molecule has 7 aromatic carbocycles. The average molecular weight is 962 g/mol. The van der Waals surface area contributed by atoms with Gasteiger partial charge in [0.05, 0.1) is 0 Å². The maximum Gasteiger partial charge on any atom is 0.199 e. The summed E-state index contributed by atoms with van der Waals surface area (Å²) in [5.74, 6) is 0. The van der Waals surface area contributed by atoms with Gasteiger partial charge in [0.25, 0.3) is 0 Å². The van der Waals surface area contributed by atoms with Crippen LogP contribution in [0.25, 0.3) is 51.5 Å². The molecule has 2 nitrogen and oxygen atoms in total. The van der Waals surface area contributed by atoms with E-state index in [0.717, 1.165) is 6.42 Å². The summed E-state index contributed by atoms with van der Waals surface area (Å²) in [7, 11) is 2.62. The third-order valence-corrected chi connectivity index (χ3v) is 21.6. The Morgan fingerprint density at radius 3 is 1.80 bits per heavy atom. The van der Waals surface area contributed by atoms with Crippen LogP contribution in [-0.4, -0.2) is 7.28 Å². The highest BCUT2D eigenvalue weighted by Gasteiger charge is 2.49. The molecule has 0 amide bonds. The third-order valence-electron chi connectivity index (χ3n) is 19.3. The number of hydrogen-bond acceptors (Lipinski definition) is 4. The molecule has 1 N–H and O–H groups in total. The monoisotopic (exact) mass is 961 g/mol. The van der Waals surface area contributed by atoms with Gasteiger partial charge in [0.1, 0.15) is 0 Å². The van der Waals surface area contributed by atoms with E-state index in [9.17, 15) is 0 Å². The topological polar surface area (TPSA) is 15.3 Å². The Morgan fingerprint density at radius 2 is 1.08 bits per heavy atom. The van der Waals surface area contributed by atoms with Crippen LogP contribution < -0.4 is 21.1 Å². The van der Waals surface area contributed by atoms with E-state index >= 15 is 0 Å².